The molecule has 2 atom stereocenters. The summed E-state index contributed by atoms with van der Waals surface area (Å²) in [4.78, 5) is 17.2. The number of hydrogen-bond acceptors (Lipinski definition) is 3. The number of fused-ring (bicyclic) bond motifs is 1. The molecule has 0 aromatic heterocycles. The normalized spacial score (nSPS) is 30.1. The molecule has 104 valence electrons. The lowest BCUT2D eigenvalue weighted by Crippen LogP contribution is -2.62. The van der Waals surface area contributed by atoms with Crippen molar-refractivity contribution in [1.29, 1.82) is 0 Å². The second-order valence-corrected chi connectivity index (χ2v) is 6.54. The van der Waals surface area contributed by atoms with Crippen LogP contribution in [0.15, 0.2) is 0 Å². The van der Waals surface area contributed by atoms with Gasteiger partial charge in [-0.2, -0.15) is 0 Å². The molecule has 0 aromatic rings. The highest BCUT2D eigenvalue weighted by Crippen LogP contribution is 2.27. The van der Waals surface area contributed by atoms with Crippen LogP contribution in [0, 0.1) is 5.41 Å². The maximum absolute atomic E-state index is 12.6. The first-order chi connectivity index (χ1) is 8.45. The monoisotopic (exact) mass is 253 g/mol. The van der Waals surface area contributed by atoms with Crippen molar-refractivity contribution in [2.24, 2.45) is 11.1 Å². The van der Waals surface area contributed by atoms with Crippen LogP contribution in [0.25, 0.3) is 0 Å². The van der Waals surface area contributed by atoms with Crippen molar-refractivity contribution in [3.05, 3.63) is 0 Å². The summed E-state index contributed by atoms with van der Waals surface area (Å²) in [5.41, 5.74) is 5.31. The predicted molar refractivity (Wildman–Crippen MR) is 73.2 cm³/mol. The fraction of sp³-hybridized carbons (Fsp3) is 0.929. The number of amides is 1. The molecule has 2 unspecified atom stereocenters. The van der Waals surface area contributed by atoms with Crippen LogP contribution in [0.1, 0.15) is 40.0 Å². The third kappa shape index (κ3) is 2.54. The van der Waals surface area contributed by atoms with Gasteiger partial charge in [0.05, 0.1) is 5.41 Å². The molecule has 2 fully saturated rings. The van der Waals surface area contributed by atoms with Crippen LogP contribution in [0.5, 0.6) is 0 Å². The van der Waals surface area contributed by atoms with E-state index in [0.29, 0.717) is 18.6 Å². The van der Waals surface area contributed by atoms with E-state index in [2.05, 4.69) is 16.7 Å². The van der Waals surface area contributed by atoms with Crippen molar-refractivity contribution in [3.8, 4) is 0 Å². The minimum absolute atomic E-state index is 0.225. The molecule has 0 radical (unpaired) electrons. The van der Waals surface area contributed by atoms with Gasteiger partial charge in [-0.3, -0.25) is 9.69 Å². The molecule has 18 heavy (non-hydrogen) atoms. The van der Waals surface area contributed by atoms with Gasteiger partial charge in [-0.25, -0.2) is 0 Å². The summed E-state index contributed by atoms with van der Waals surface area (Å²) >= 11 is 0. The number of nitrogens with zero attached hydrogens (tertiary/aromatic N) is 2. The molecule has 2 rings (SSSR count). The van der Waals surface area contributed by atoms with E-state index in [-0.39, 0.29) is 5.91 Å². The number of hydrogen-bond donors (Lipinski definition) is 1. The zero-order chi connectivity index (χ0) is 13.3. The highest BCUT2D eigenvalue weighted by Gasteiger charge is 2.39. The van der Waals surface area contributed by atoms with Gasteiger partial charge in [-0.15, -0.1) is 0 Å². The van der Waals surface area contributed by atoms with E-state index >= 15 is 0 Å². The van der Waals surface area contributed by atoms with Crippen LogP contribution in [0.2, 0.25) is 0 Å². The van der Waals surface area contributed by atoms with Gasteiger partial charge in [0, 0.05) is 31.7 Å². The lowest BCUT2D eigenvalue weighted by molar-refractivity contribution is -0.147. The average Bonchev–Trinajstić information content (AvgIpc) is 2.37. The van der Waals surface area contributed by atoms with Crippen LogP contribution < -0.4 is 5.73 Å². The SMILES string of the molecule is CC1CN2CCCCC2CN1C(=O)C(C)(C)CN. The van der Waals surface area contributed by atoms with E-state index in [9.17, 15) is 4.79 Å². The van der Waals surface area contributed by atoms with Gasteiger partial charge in [-0.05, 0) is 40.2 Å². The summed E-state index contributed by atoms with van der Waals surface area (Å²) in [5, 5.41) is 0. The molecular formula is C14H27N3O. The van der Waals surface area contributed by atoms with E-state index < -0.39 is 5.41 Å². The van der Waals surface area contributed by atoms with E-state index in [1.165, 1.54) is 25.8 Å². The maximum Gasteiger partial charge on any atom is 0.229 e. The van der Waals surface area contributed by atoms with Crippen molar-refractivity contribution in [1.82, 2.24) is 9.80 Å². The van der Waals surface area contributed by atoms with E-state index in [0.717, 1.165) is 13.1 Å². The molecule has 4 heteroatoms. The van der Waals surface area contributed by atoms with Crippen LogP contribution in [0.4, 0.5) is 0 Å². The molecule has 0 aromatic carbocycles. The van der Waals surface area contributed by atoms with Gasteiger partial charge >= 0.3 is 0 Å². The first kappa shape index (κ1) is 13.8. The van der Waals surface area contributed by atoms with Crippen molar-refractivity contribution >= 4 is 5.91 Å². The zero-order valence-electron chi connectivity index (χ0n) is 12.0. The Hall–Kier alpha value is -0.610. The summed E-state index contributed by atoms with van der Waals surface area (Å²) in [6.45, 7) is 9.61. The zero-order valence-corrected chi connectivity index (χ0v) is 12.0. The Morgan fingerprint density at radius 1 is 1.33 bits per heavy atom. The Kier molecular flexibility index (Phi) is 3.97. The smallest absolute Gasteiger partial charge is 0.229 e. The molecule has 4 nitrogen and oxygen atoms in total. The Bertz CT molecular complexity index is 316. The molecule has 0 spiro atoms. The Balaban J connectivity index is 2.07. The van der Waals surface area contributed by atoms with Crippen LogP contribution in [-0.4, -0.2) is 54.0 Å². The molecule has 2 aliphatic heterocycles. The number of nitrogens with two attached hydrogens (primary N) is 1. The standard InChI is InChI=1S/C14H27N3O/c1-11-8-16-7-5-4-6-12(16)9-17(11)13(18)14(2,3)10-15/h11-12H,4-10,15H2,1-3H3. The van der Waals surface area contributed by atoms with Gasteiger partial charge in [0.25, 0.3) is 0 Å². The number of carbonyl (C=O) groups is 1. The number of carbonyl (C=O) groups excluding carboxylic acids is 1. The van der Waals surface area contributed by atoms with E-state index in [4.69, 9.17) is 5.73 Å². The topological polar surface area (TPSA) is 49.6 Å². The molecule has 2 N–H and O–H groups in total. The van der Waals surface area contributed by atoms with Gasteiger partial charge in [0.1, 0.15) is 0 Å². The molecular weight excluding hydrogens is 226 g/mol. The summed E-state index contributed by atoms with van der Waals surface area (Å²) in [7, 11) is 0. The molecule has 0 saturated carbocycles. The number of piperidine rings is 1. The van der Waals surface area contributed by atoms with Gasteiger partial charge in [0.2, 0.25) is 5.91 Å². The molecule has 2 aliphatic rings. The Morgan fingerprint density at radius 2 is 2.06 bits per heavy atom. The first-order valence-corrected chi connectivity index (χ1v) is 7.21. The summed E-state index contributed by atoms with van der Waals surface area (Å²) in [6.07, 6.45) is 3.85. The third-order valence-corrected chi connectivity index (χ3v) is 4.54. The lowest BCUT2D eigenvalue weighted by atomic mass is 9.89. The van der Waals surface area contributed by atoms with Crippen LogP contribution in [-0.2, 0) is 4.79 Å². The van der Waals surface area contributed by atoms with Crippen molar-refractivity contribution in [2.75, 3.05) is 26.2 Å². The quantitative estimate of drug-likeness (QED) is 0.800. The fourth-order valence-electron chi connectivity index (χ4n) is 3.11. The molecule has 0 bridgehead atoms. The van der Waals surface area contributed by atoms with Crippen molar-refractivity contribution < 1.29 is 4.79 Å². The van der Waals surface area contributed by atoms with Crippen molar-refractivity contribution in [3.63, 3.8) is 0 Å². The Morgan fingerprint density at radius 3 is 2.72 bits per heavy atom. The van der Waals surface area contributed by atoms with E-state index in [1.807, 2.05) is 13.8 Å². The minimum Gasteiger partial charge on any atom is -0.337 e. The van der Waals surface area contributed by atoms with Crippen LogP contribution >= 0.6 is 0 Å². The molecule has 0 aliphatic carbocycles. The molecule has 1 amide bonds. The summed E-state index contributed by atoms with van der Waals surface area (Å²) < 4.78 is 0. The fourth-order valence-corrected chi connectivity index (χ4v) is 3.11. The third-order valence-electron chi connectivity index (χ3n) is 4.54. The molecule has 2 heterocycles. The second-order valence-electron chi connectivity index (χ2n) is 6.54. The first-order valence-electron chi connectivity index (χ1n) is 7.21. The second kappa shape index (κ2) is 5.17. The Labute approximate surface area is 110 Å². The molecule has 2 saturated heterocycles. The highest BCUT2D eigenvalue weighted by atomic mass is 16.2. The summed E-state index contributed by atoms with van der Waals surface area (Å²) in [6, 6.07) is 0.894. The summed E-state index contributed by atoms with van der Waals surface area (Å²) in [5.74, 6) is 0.225. The lowest BCUT2D eigenvalue weighted by Gasteiger charge is -2.49. The van der Waals surface area contributed by atoms with Gasteiger partial charge in [0.15, 0.2) is 0 Å². The van der Waals surface area contributed by atoms with Crippen LogP contribution in [0.3, 0.4) is 0 Å². The predicted octanol–water partition coefficient (Wildman–Crippen LogP) is 1.06. The maximum atomic E-state index is 12.6. The largest absolute Gasteiger partial charge is 0.337 e. The number of piperazine rings is 1. The van der Waals surface area contributed by atoms with E-state index in [1.54, 1.807) is 0 Å². The number of rotatable bonds is 2. The average molecular weight is 253 g/mol. The van der Waals surface area contributed by atoms with Gasteiger partial charge < -0.3 is 10.6 Å². The highest BCUT2D eigenvalue weighted by molar-refractivity contribution is 5.82. The van der Waals surface area contributed by atoms with Gasteiger partial charge in [-0.1, -0.05) is 6.42 Å². The minimum atomic E-state index is -0.425. The van der Waals surface area contributed by atoms with Crippen molar-refractivity contribution in [2.45, 2.75) is 52.1 Å².